The lowest BCUT2D eigenvalue weighted by Crippen LogP contribution is -2.47. The summed E-state index contributed by atoms with van der Waals surface area (Å²) in [6, 6.07) is 12.6. The maximum Gasteiger partial charge on any atom is 0.228 e. The van der Waals surface area contributed by atoms with Crippen molar-refractivity contribution in [2.24, 2.45) is 0 Å². The Balaban J connectivity index is 0.00000338. The van der Waals surface area contributed by atoms with Crippen LogP contribution in [0, 0.1) is 13.8 Å². The number of anilines is 1. The van der Waals surface area contributed by atoms with Crippen LogP contribution >= 0.6 is 0 Å². The summed E-state index contributed by atoms with van der Waals surface area (Å²) < 4.78 is 5.38. The molecule has 0 atom stereocenters. The number of ether oxygens (including phenoxy) is 1. The van der Waals surface area contributed by atoms with Crippen LogP contribution in [0.3, 0.4) is 0 Å². The van der Waals surface area contributed by atoms with E-state index in [-0.39, 0.29) is 19.8 Å². The summed E-state index contributed by atoms with van der Waals surface area (Å²) in [6.45, 7) is 6.81. The average Bonchev–Trinajstić information content (AvgIpc) is 2.47. The Morgan fingerprint density at radius 2 is 1.58 bits per heavy atom. The van der Waals surface area contributed by atoms with Crippen LogP contribution in [0.5, 0.6) is 5.75 Å². The second-order valence-electron chi connectivity index (χ2n) is 6.65. The molecule has 26 heavy (non-hydrogen) atoms. The predicted molar refractivity (Wildman–Crippen MR) is 101 cm³/mol. The number of nitrogens with one attached hydrogen (secondary N) is 1. The molecule has 0 spiro atoms. The first-order valence-corrected chi connectivity index (χ1v) is 8.03. The van der Waals surface area contributed by atoms with Gasteiger partial charge in [0, 0.05) is 5.69 Å². The van der Waals surface area contributed by atoms with E-state index in [1.54, 1.807) is 24.3 Å². The standard InChI is InChI=1S/C20H23NO4.CH4/c1-13-9-14(2)11-16(10-13)21-18(22)12-15-5-7-17(8-6-15)25-20(3,4)19(23)24;/h5-11H,12H2,1-4H3,(H,21,22)(H,23,24);1H4/p-1. The summed E-state index contributed by atoms with van der Waals surface area (Å²) in [5.74, 6) is -0.995. The first kappa shape index (κ1) is 21.2. The number of hydrogen-bond acceptors (Lipinski definition) is 4. The van der Waals surface area contributed by atoms with Gasteiger partial charge in [0.05, 0.1) is 12.4 Å². The molecular weight excluding hydrogens is 330 g/mol. The second kappa shape index (κ2) is 8.52. The van der Waals surface area contributed by atoms with E-state index in [4.69, 9.17) is 4.74 Å². The van der Waals surface area contributed by atoms with Gasteiger partial charge in [-0.2, -0.15) is 0 Å². The van der Waals surface area contributed by atoms with Crippen LogP contribution in [-0.4, -0.2) is 17.5 Å². The smallest absolute Gasteiger partial charge is 0.228 e. The Labute approximate surface area is 155 Å². The van der Waals surface area contributed by atoms with Crippen molar-refractivity contribution in [1.29, 1.82) is 0 Å². The van der Waals surface area contributed by atoms with E-state index in [1.165, 1.54) is 13.8 Å². The highest BCUT2D eigenvalue weighted by Crippen LogP contribution is 2.19. The number of hydrogen-bond donors (Lipinski definition) is 1. The molecule has 2 aromatic carbocycles. The Kier molecular flexibility index (Phi) is 6.95. The highest BCUT2D eigenvalue weighted by atomic mass is 16.5. The summed E-state index contributed by atoms with van der Waals surface area (Å²) in [5.41, 5.74) is 2.35. The van der Waals surface area contributed by atoms with Crippen LogP contribution in [-0.2, 0) is 16.0 Å². The van der Waals surface area contributed by atoms with Crippen molar-refractivity contribution in [2.75, 3.05) is 5.32 Å². The summed E-state index contributed by atoms with van der Waals surface area (Å²) in [7, 11) is 0. The van der Waals surface area contributed by atoms with Crippen molar-refractivity contribution in [3.05, 3.63) is 59.2 Å². The molecule has 0 saturated carbocycles. The lowest BCUT2D eigenvalue weighted by molar-refractivity contribution is -0.320. The zero-order valence-corrected chi connectivity index (χ0v) is 14.9. The molecule has 5 heteroatoms. The maximum atomic E-state index is 12.2. The molecular formula is C21H26NO4-. The van der Waals surface area contributed by atoms with Crippen LogP contribution in [0.25, 0.3) is 0 Å². The molecule has 0 aliphatic heterocycles. The first-order chi connectivity index (χ1) is 11.7. The van der Waals surface area contributed by atoms with Crippen LogP contribution in [0.15, 0.2) is 42.5 Å². The van der Waals surface area contributed by atoms with Crippen LogP contribution in [0.4, 0.5) is 5.69 Å². The van der Waals surface area contributed by atoms with Gasteiger partial charge < -0.3 is 20.0 Å². The Morgan fingerprint density at radius 3 is 2.08 bits per heavy atom. The fraction of sp³-hybridized carbons (Fsp3) is 0.333. The van der Waals surface area contributed by atoms with E-state index < -0.39 is 11.6 Å². The molecule has 0 heterocycles. The van der Waals surface area contributed by atoms with E-state index in [0.29, 0.717) is 5.75 Å². The number of rotatable bonds is 6. The van der Waals surface area contributed by atoms with Gasteiger partial charge in [-0.3, -0.25) is 4.79 Å². The normalized spacial score (nSPS) is 10.6. The van der Waals surface area contributed by atoms with Gasteiger partial charge in [-0.25, -0.2) is 0 Å². The van der Waals surface area contributed by atoms with Crippen molar-refractivity contribution in [3.63, 3.8) is 0 Å². The molecule has 0 aliphatic rings. The SMILES string of the molecule is C.Cc1cc(C)cc(NC(=O)Cc2ccc(OC(C)(C)C(=O)[O-])cc2)c1. The van der Waals surface area contributed by atoms with E-state index in [1.807, 2.05) is 32.0 Å². The second-order valence-corrected chi connectivity index (χ2v) is 6.65. The Morgan fingerprint density at radius 1 is 1.04 bits per heavy atom. The monoisotopic (exact) mass is 356 g/mol. The van der Waals surface area contributed by atoms with Crippen molar-refractivity contribution < 1.29 is 19.4 Å². The summed E-state index contributed by atoms with van der Waals surface area (Å²) in [5, 5.41) is 13.9. The Hall–Kier alpha value is -2.82. The average molecular weight is 356 g/mol. The van der Waals surface area contributed by atoms with Gasteiger partial charge in [0.1, 0.15) is 11.4 Å². The third kappa shape index (κ3) is 5.92. The minimum absolute atomic E-state index is 0. The number of aryl methyl sites for hydroxylation is 2. The minimum Gasteiger partial charge on any atom is -0.546 e. The molecule has 0 bridgehead atoms. The van der Waals surface area contributed by atoms with Crippen LogP contribution in [0.1, 0.15) is 38.0 Å². The number of amides is 1. The molecule has 5 nitrogen and oxygen atoms in total. The van der Waals surface area contributed by atoms with Crippen molar-refractivity contribution >= 4 is 17.6 Å². The number of carbonyl (C=O) groups excluding carboxylic acids is 2. The molecule has 2 aromatic rings. The minimum atomic E-state index is -1.41. The molecule has 2 rings (SSSR count). The molecule has 0 aliphatic carbocycles. The lowest BCUT2D eigenvalue weighted by atomic mass is 10.1. The van der Waals surface area contributed by atoms with Crippen LogP contribution < -0.4 is 15.2 Å². The van der Waals surface area contributed by atoms with Crippen molar-refractivity contribution in [1.82, 2.24) is 0 Å². The van der Waals surface area contributed by atoms with Gasteiger partial charge in [0.15, 0.2) is 0 Å². The number of carboxylic acid groups (broad SMARTS) is 1. The quantitative estimate of drug-likeness (QED) is 0.863. The predicted octanol–water partition coefficient (Wildman–Crippen LogP) is 3.03. The summed E-state index contributed by atoms with van der Waals surface area (Å²) >= 11 is 0. The van der Waals surface area contributed by atoms with Gasteiger partial charge >= 0.3 is 0 Å². The van der Waals surface area contributed by atoms with Crippen LogP contribution in [0.2, 0.25) is 0 Å². The third-order valence-electron chi connectivity index (χ3n) is 3.66. The highest BCUT2D eigenvalue weighted by molar-refractivity contribution is 5.92. The number of benzene rings is 2. The molecule has 0 radical (unpaired) electrons. The lowest BCUT2D eigenvalue weighted by Gasteiger charge is -2.27. The maximum absolute atomic E-state index is 12.2. The Bertz CT molecular complexity index is 759. The van der Waals surface area contributed by atoms with E-state index in [9.17, 15) is 14.7 Å². The molecule has 0 unspecified atom stereocenters. The van der Waals surface area contributed by atoms with E-state index >= 15 is 0 Å². The molecule has 1 N–H and O–H groups in total. The number of carbonyl (C=O) groups is 2. The fourth-order valence-corrected chi connectivity index (χ4v) is 2.45. The third-order valence-corrected chi connectivity index (χ3v) is 3.66. The van der Waals surface area contributed by atoms with Crippen molar-refractivity contribution in [2.45, 2.75) is 47.1 Å². The summed E-state index contributed by atoms with van der Waals surface area (Å²) in [6.07, 6.45) is 0.219. The van der Waals surface area contributed by atoms with Gasteiger partial charge in [-0.1, -0.05) is 25.6 Å². The fourth-order valence-electron chi connectivity index (χ4n) is 2.45. The molecule has 0 aromatic heterocycles. The van der Waals surface area contributed by atoms with Crippen molar-refractivity contribution in [3.8, 4) is 5.75 Å². The molecule has 1 amide bonds. The first-order valence-electron chi connectivity index (χ1n) is 8.03. The summed E-state index contributed by atoms with van der Waals surface area (Å²) in [4.78, 5) is 23.1. The van der Waals surface area contributed by atoms with E-state index in [2.05, 4.69) is 5.32 Å². The molecule has 0 fully saturated rings. The molecule has 140 valence electrons. The van der Waals surface area contributed by atoms with Gasteiger partial charge in [-0.15, -0.1) is 0 Å². The number of carboxylic acids is 1. The topological polar surface area (TPSA) is 78.5 Å². The van der Waals surface area contributed by atoms with Gasteiger partial charge in [0.25, 0.3) is 0 Å². The zero-order valence-electron chi connectivity index (χ0n) is 14.9. The largest absolute Gasteiger partial charge is 0.546 e. The number of aliphatic carboxylic acids is 1. The van der Waals surface area contributed by atoms with E-state index in [0.717, 1.165) is 22.4 Å². The highest BCUT2D eigenvalue weighted by Gasteiger charge is 2.21. The van der Waals surface area contributed by atoms with Gasteiger partial charge in [-0.05, 0) is 68.7 Å². The van der Waals surface area contributed by atoms with Gasteiger partial charge in [0.2, 0.25) is 5.91 Å². The zero-order chi connectivity index (χ0) is 18.6. The molecule has 0 saturated heterocycles.